The third kappa shape index (κ3) is 2.46. The molecule has 0 aromatic rings. The quantitative estimate of drug-likeness (QED) is 0.732. The highest BCUT2D eigenvalue weighted by Crippen LogP contribution is 2.50. The number of fused-ring (bicyclic) bond motifs is 3. The van der Waals surface area contributed by atoms with Crippen LogP contribution in [0.4, 0.5) is 0 Å². The van der Waals surface area contributed by atoms with Crippen LogP contribution in [-0.2, 0) is 28.4 Å². The van der Waals surface area contributed by atoms with E-state index < -0.39 is 24.2 Å². The first kappa shape index (κ1) is 16.0. The van der Waals surface area contributed by atoms with E-state index in [0.717, 1.165) is 51.4 Å². The SMILES string of the molecule is CO[C@H]1OC2OC3(CCCCC3)O[C@@H]2[C@H]2OC3(CCCCC3)O[C@@H]12. The molecule has 0 aromatic carbocycles. The fraction of sp³-hybridized carbons (Fsp3) is 1.00. The molecule has 5 aliphatic rings. The Balaban J connectivity index is 1.40. The lowest BCUT2D eigenvalue weighted by Gasteiger charge is -2.36. The molecular formula is C18H28O6. The first-order valence-corrected chi connectivity index (χ1v) is 9.62. The lowest BCUT2D eigenvalue weighted by Crippen LogP contribution is -2.55. The van der Waals surface area contributed by atoms with Crippen LogP contribution in [0.15, 0.2) is 0 Å². The summed E-state index contributed by atoms with van der Waals surface area (Å²) in [6.07, 6.45) is 9.32. The molecule has 3 heterocycles. The van der Waals surface area contributed by atoms with Gasteiger partial charge in [-0.25, -0.2) is 0 Å². The van der Waals surface area contributed by atoms with Gasteiger partial charge in [-0.2, -0.15) is 0 Å². The Bertz CT molecular complexity index is 470. The van der Waals surface area contributed by atoms with Gasteiger partial charge in [0.15, 0.2) is 24.2 Å². The molecule has 0 N–H and O–H groups in total. The normalized spacial score (nSPS) is 46.1. The molecule has 2 saturated carbocycles. The summed E-state index contributed by atoms with van der Waals surface area (Å²) in [5.74, 6) is -0.971. The monoisotopic (exact) mass is 340 g/mol. The van der Waals surface area contributed by atoms with Crippen molar-refractivity contribution in [3.8, 4) is 0 Å². The Morgan fingerprint density at radius 2 is 1.21 bits per heavy atom. The number of rotatable bonds is 1. The van der Waals surface area contributed by atoms with Crippen molar-refractivity contribution in [3.63, 3.8) is 0 Å². The minimum atomic E-state index is -0.494. The highest BCUT2D eigenvalue weighted by molar-refractivity contribution is 5.01. The molecule has 0 aromatic heterocycles. The molecule has 3 saturated heterocycles. The van der Waals surface area contributed by atoms with Crippen LogP contribution < -0.4 is 0 Å². The summed E-state index contributed by atoms with van der Waals surface area (Å²) >= 11 is 0. The first-order chi connectivity index (χ1) is 11.7. The molecular weight excluding hydrogens is 312 g/mol. The Kier molecular flexibility index (Phi) is 3.92. The molecule has 0 bridgehead atoms. The summed E-state index contributed by atoms with van der Waals surface area (Å²) in [6.45, 7) is 0. The Morgan fingerprint density at radius 3 is 1.83 bits per heavy atom. The molecule has 24 heavy (non-hydrogen) atoms. The van der Waals surface area contributed by atoms with Gasteiger partial charge < -0.3 is 28.4 Å². The van der Waals surface area contributed by atoms with E-state index in [1.807, 2.05) is 0 Å². The van der Waals surface area contributed by atoms with E-state index in [0.29, 0.717) is 0 Å². The standard InChI is InChI=1S/C18H28O6/c1-19-15-13-12(21-17(22-13)8-4-2-5-9-17)14-16(20-15)24-18(23-14)10-6-3-7-11-18/h12-16H,2-11H2,1H3/t12-,13+,14+,15-,16?/m0/s1. The number of hydrogen-bond acceptors (Lipinski definition) is 6. The minimum absolute atomic E-state index is 0.173. The Morgan fingerprint density at radius 1 is 0.667 bits per heavy atom. The largest absolute Gasteiger partial charge is 0.353 e. The van der Waals surface area contributed by atoms with Gasteiger partial charge in [0.05, 0.1) is 0 Å². The predicted molar refractivity (Wildman–Crippen MR) is 83.0 cm³/mol. The second kappa shape index (κ2) is 5.89. The number of ether oxygens (including phenoxy) is 6. The molecule has 136 valence electrons. The van der Waals surface area contributed by atoms with Gasteiger partial charge in [-0.15, -0.1) is 0 Å². The van der Waals surface area contributed by atoms with Crippen molar-refractivity contribution in [2.24, 2.45) is 0 Å². The maximum Gasteiger partial charge on any atom is 0.193 e. The summed E-state index contributed by atoms with van der Waals surface area (Å²) in [5, 5.41) is 0. The summed E-state index contributed by atoms with van der Waals surface area (Å²) in [6, 6.07) is 0. The van der Waals surface area contributed by atoms with Crippen molar-refractivity contribution in [1.29, 1.82) is 0 Å². The van der Waals surface area contributed by atoms with E-state index in [4.69, 9.17) is 28.4 Å². The molecule has 0 radical (unpaired) electrons. The summed E-state index contributed by atoms with van der Waals surface area (Å²) < 4.78 is 37.2. The smallest absolute Gasteiger partial charge is 0.193 e. The van der Waals surface area contributed by atoms with Crippen LogP contribution in [0.3, 0.4) is 0 Å². The van der Waals surface area contributed by atoms with Crippen LogP contribution in [0.25, 0.3) is 0 Å². The van der Waals surface area contributed by atoms with Crippen molar-refractivity contribution in [1.82, 2.24) is 0 Å². The van der Waals surface area contributed by atoms with Crippen molar-refractivity contribution < 1.29 is 28.4 Å². The first-order valence-electron chi connectivity index (χ1n) is 9.62. The second-order valence-electron chi connectivity index (χ2n) is 7.92. The fourth-order valence-electron chi connectivity index (χ4n) is 5.11. The van der Waals surface area contributed by atoms with E-state index in [-0.39, 0.29) is 18.3 Å². The predicted octanol–water partition coefficient (Wildman–Crippen LogP) is 2.84. The zero-order valence-corrected chi connectivity index (χ0v) is 14.4. The number of methoxy groups -OCH3 is 1. The molecule has 2 aliphatic carbocycles. The highest BCUT2D eigenvalue weighted by Gasteiger charge is 2.64. The van der Waals surface area contributed by atoms with Crippen LogP contribution in [-0.4, -0.2) is 49.6 Å². The highest BCUT2D eigenvalue weighted by atomic mass is 16.9. The average Bonchev–Trinajstić information content (AvgIpc) is 3.14. The van der Waals surface area contributed by atoms with Gasteiger partial charge in [0.25, 0.3) is 0 Å². The van der Waals surface area contributed by atoms with Gasteiger partial charge in [0.2, 0.25) is 0 Å². The molecule has 2 spiro atoms. The van der Waals surface area contributed by atoms with Gasteiger partial charge in [0, 0.05) is 32.8 Å². The molecule has 5 fully saturated rings. The molecule has 6 heteroatoms. The molecule has 1 unspecified atom stereocenters. The lowest BCUT2D eigenvalue weighted by atomic mass is 9.94. The van der Waals surface area contributed by atoms with Gasteiger partial charge in [0.1, 0.15) is 18.3 Å². The lowest BCUT2D eigenvalue weighted by molar-refractivity contribution is -0.302. The third-order valence-electron chi connectivity index (χ3n) is 6.30. The third-order valence-corrected chi connectivity index (χ3v) is 6.30. The van der Waals surface area contributed by atoms with Gasteiger partial charge >= 0.3 is 0 Å². The zero-order valence-electron chi connectivity index (χ0n) is 14.4. The van der Waals surface area contributed by atoms with E-state index in [9.17, 15) is 0 Å². The van der Waals surface area contributed by atoms with E-state index in [1.54, 1.807) is 7.11 Å². The minimum Gasteiger partial charge on any atom is -0.353 e. The van der Waals surface area contributed by atoms with Crippen molar-refractivity contribution >= 4 is 0 Å². The Labute approximate surface area is 143 Å². The topological polar surface area (TPSA) is 55.4 Å². The van der Waals surface area contributed by atoms with E-state index in [1.165, 1.54) is 12.8 Å². The van der Waals surface area contributed by atoms with Crippen LogP contribution in [0.2, 0.25) is 0 Å². The zero-order chi connectivity index (χ0) is 16.2. The van der Waals surface area contributed by atoms with Gasteiger partial charge in [-0.1, -0.05) is 12.8 Å². The maximum atomic E-state index is 6.49. The summed E-state index contributed by atoms with van der Waals surface area (Å²) in [7, 11) is 1.66. The summed E-state index contributed by atoms with van der Waals surface area (Å²) in [4.78, 5) is 0. The van der Waals surface area contributed by atoms with Crippen molar-refractivity contribution in [2.45, 2.75) is 107 Å². The van der Waals surface area contributed by atoms with Gasteiger partial charge in [-0.3, -0.25) is 0 Å². The average molecular weight is 340 g/mol. The molecule has 5 atom stereocenters. The van der Waals surface area contributed by atoms with Crippen molar-refractivity contribution in [3.05, 3.63) is 0 Å². The van der Waals surface area contributed by atoms with Crippen LogP contribution in [0.5, 0.6) is 0 Å². The van der Waals surface area contributed by atoms with Crippen molar-refractivity contribution in [2.75, 3.05) is 7.11 Å². The van der Waals surface area contributed by atoms with Crippen LogP contribution >= 0.6 is 0 Å². The molecule has 0 amide bonds. The van der Waals surface area contributed by atoms with Crippen LogP contribution in [0.1, 0.15) is 64.2 Å². The Hall–Kier alpha value is -0.240. The van der Waals surface area contributed by atoms with E-state index in [2.05, 4.69) is 0 Å². The van der Waals surface area contributed by atoms with E-state index >= 15 is 0 Å². The van der Waals surface area contributed by atoms with Gasteiger partial charge in [-0.05, 0) is 25.7 Å². The molecule has 6 nitrogen and oxygen atoms in total. The maximum absolute atomic E-state index is 6.49. The fourth-order valence-corrected chi connectivity index (χ4v) is 5.11. The van der Waals surface area contributed by atoms with Crippen LogP contribution in [0, 0.1) is 0 Å². The second-order valence-corrected chi connectivity index (χ2v) is 7.92. The summed E-state index contributed by atoms with van der Waals surface area (Å²) in [5.41, 5.74) is 0. The molecule has 3 aliphatic heterocycles. The molecule has 5 rings (SSSR count). The number of hydrogen-bond donors (Lipinski definition) is 0.